The van der Waals surface area contributed by atoms with Crippen molar-refractivity contribution in [3.63, 3.8) is 0 Å². The largest absolute Gasteiger partial charge is 0.262 e. The number of rotatable bonds is 2. The van der Waals surface area contributed by atoms with Crippen molar-refractivity contribution in [1.29, 1.82) is 0 Å². The lowest BCUT2D eigenvalue weighted by Crippen LogP contribution is -1.87. The van der Waals surface area contributed by atoms with E-state index in [4.69, 9.17) is 0 Å². The molecule has 82 valence electrons. The van der Waals surface area contributed by atoms with Gasteiger partial charge in [0, 0.05) is 11.5 Å². The first-order valence-electron chi connectivity index (χ1n) is 5.74. The van der Waals surface area contributed by atoms with Gasteiger partial charge >= 0.3 is 0 Å². The van der Waals surface area contributed by atoms with E-state index in [1.807, 2.05) is 0 Å². The van der Waals surface area contributed by atoms with Crippen LogP contribution >= 0.6 is 0 Å². The number of hydrogen-bond acceptors (Lipinski definition) is 2. The summed E-state index contributed by atoms with van der Waals surface area (Å²) in [6.45, 7) is 4.21. The van der Waals surface area contributed by atoms with Crippen LogP contribution in [0.5, 0.6) is 0 Å². The van der Waals surface area contributed by atoms with Gasteiger partial charge in [-0.3, -0.25) is 5.10 Å². The molecule has 1 N–H and O–H groups in total. The maximum atomic E-state index is 4.57. The SMILES string of the molecule is Cc1ccc(-c2n[nH]c(C3CC3)n2)c(C)c1. The summed E-state index contributed by atoms with van der Waals surface area (Å²) in [6, 6.07) is 6.38. The molecule has 1 aliphatic carbocycles. The smallest absolute Gasteiger partial charge is 0.181 e. The van der Waals surface area contributed by atoms with E-state index in [-0.39, 0.29) is 0 Å². The molecule has 0 radical (unpaired) electrons. The molecule has 3 heteroatoms. The predicted octanol–water partition coefficient (Wildman–Crippen LogP) is 2.97. The van der Waals surface area contributed by atoms with Crippen LogP contribution < -0.4 is 0 Å². The lowest BCUT2D eigenvalue weighted by molar-refractivity contribution is 0.935. The van der Waals surface area contributed by atoms with Gasteiger partial charge in [0.2, 0.25) is 0 Å². The molecule has 0 unspecified atom stereocenters. The number of benzene rings is 1. The van der Waals surface area contributed by atoms with E-state index in [0.717, 1.165) is 17.2 Å². The summed E-state index contributed by atoms with van der Waals surface area (Å²) in [4.78, 5) is 4.57. The average Bonchev–Trinajstić information content (AvgIpc) is 2.98. The van der Waals surface area contributed by atoms with Crippen LogP contribution in [0.3, 0.4) is 0 Å². The second-order valence-corrected chi connectivity index (χ2v) is 4.64. The summed E-state index contributed by atoms with van der Waals surface area (Å²) >= 11 is 0. The number of aryl methyl sites for hydroxylation is 2. The van der Waals surface area contributed by atoms with E-state index >= 15 is 0 Å². The van der Waals surface area contributed by atoms with Gasteiger partial charge in [0.05, 0.1) is 0 Å². The van der Waals surface area contributed by atoms with E-state index in [9.17, 15) is 0 Å². The number of nitrogens with one attached hydrogen (secondary N) is 1. The molecular weight excluding hydrogens is 198 g/mol. The first-order valence-corrected chi connectivity index (χ1v) is 5.74. The van der Waals surface area contributed by atoms with Gasteiger partial charge in [-0.05, 0) is 32.3 Å². The highest BCUT2D eigenvalue weighted by Crippen LogP contribution is 2.38. The molecule has 1 saturated carbocycles. The Bertz CT molecular complexity index is 524. The van der Waals surface area contributed by atoms with Crippen molar-refractivity contribution in [1.82, 2.24) is 15.2 Å². The van der Waals surface area contributed by atoms with E-state index in [1.165, 1.54) is 24.0 Å². The van der Waals surface area contributed by atoms with Crippen LogP contribution in [0, 0.1) is 13.8 Å². The first kappa shape index (κ1) is 9.58. The first-order chi connectivity index (χ1) is 7.74. The van der Waals surface area contributed by atoms with E-state index in [2.05, 4.69) is 47.2 Å². The number of H-pyrrole nitrogens is 1. The van der Waals surface area contributed by atoms with Crippen molar-refractivity contribution < 1.29 is 0 Å². The molecule has 1 heterocycles. The zero-order valence-corrected chi connectivity index (χ0v) is 9.62. The second kappa shape index (κ2) is 3.44. The van der Waals surface area contributed by atoms with Crippen LogP contribution in [-0.2, 0) is 0 Å². The lowest BCUT2D eigenvalue weighted by atomic mass is 10.1. The van der Waals surface area contributed by atoms with Crippen molar-refractivity contribution in [3.05, 3.63) is 35.2 Å². The molecule has 0 saturated heterocycles. The van der Waals surface area contributed by atoms with Crippen LogP contribution in [0.1, 0.15) is 35.7 Å². The number of aromatic amines is 1. The van der Waals surface area contributed by atoms with Gasteiger partial charge in [0.15, 0.2) is 5.82 Å². The Morgan fingerprint density at radius 2 is 2.06 bits per heavy atom. The van der Waals surface area contributed by atoms with Crippen LogP contribution in [0.4, 0.5) is 0 Å². The molecule has 0 spiro atoms. The topological polar surface area (TPSA) is 41.6 Å². The van der Waals surface area contributed by atoms with E-state index in [1.54, 1.807) is 0 Å². The molecule has 1 aliphatic rings. The standard InChI is InChI=1S/C13H15N3/c1-8-3-6-11(9(2)7-8)13-14-12(15-16-13)10-4-5-10/h3,6-7,10H,4-5H2,1-2H3,(H,14,15,16). The summed E-state index contributed by atoms with van der Waals surface area (Å²) in [5.41, 5.74) is 3.65. The summed E-state index contributed by atoms with van der Waals surface area (Å²) in [6.07, 6.45) is 2.50. The Morgan fingerprint density at radius 1 is 1.25 bits per heavy atom. The fourth-order valence-electron chi connectivity index (χ4n) is 2.00. The summed E-state index contributed by atoms with van der Waals surface area (Å²) in [5.74, 6) is 2.52. The van der Waals surface area contributed by atoms with Crippen LogP contribution in [0.15, 0.2) is 18.2 Å². The monoisotopic (exact) mass is 213 g/mol. The highest BCUT2D eigenvalue weighted by atomic mass is 15.2. The van der Waals surface area contributed by atoms with Crippen molar-refractivity contribution in [2.24, 2.45) is 0 Å². The molecular formula is C13H15N3. The van der Waals surface area contributed by atoms with Crippen LogP contribution in [0.25, 0.3) is 11.4 Å². The fraction of sp³-hybridized carbons (Fsp3) is 0.385. The van der Waals surface area contributed by atoms with Crippen molar-refractivity contribution in [2.75, 3.05) is 0 Å². The van der Waals surface area contributed by atoms with E-state index < -0.39 is 0 Å². The van der Waals surface area contributed by atoms with Gasteiger partial charge in [-0.15, -0.1) is 0 Å². The molecule has 0 bridgehead atoms. The van der Waals surface area contributed by atoms with Crippen molar-refractivity contribution in [2.45, 2.75) is 32.6 Å². The maximum Gasteiger partial charge on any atom is 0.181 e. The van der Waals surface area contributed by atoms with Crippen molar-refractivity contribution >= 4 is 0 Å². The number of aromatic nitrogens is 3. The van der Waals surface area contributed by atoms with Gasteiger partial charge in [0.1, 0.15) is 5.82 Å². The second-order valence-electron chi connectivity index (χ2n) is 4.64. The third-order valence-corrected chi connectivity index (χ3v) is 3.09. The van der Waals surface area contributed by atoms with Gasteiger partial charge in [-0.2, -0.15) is 5.10 Å². The molecule has 1 aromatic carbocycles. The minimum absolute atomic E-state index is 0.631. The minimum atomic E-state index is 0.631. The fourth-order valence-corrected chi connectivity index (χ4v) is 2.00. The summed E-state index contributed by atoms with van der Waals surface area (Å²) < 4.78 is 0. The summed E-state index contributed by atoms with van der Waals surface area (Å²) in [7, 11) is 0. The van der Waals surface area contributed by atoms with Crippen LogP contribution in [0.2, 0.25) is 0 Å². The lowest BCUT2D eigenvalue weighted by Gasteiger charge is -2.01. The van der Waals surface area contributed by atoms with Gasteiger partial charge in [-0.1, -0.05) is 23.8 Å². The molecule has 2 aromatic rings. The maximum absolute atomic E-state index is 4.57. The molecule has 1 aromatic heterocycles. The molecule has 16 heavy (non-hydrogen) atoms. The molecule has 0 amide bonds. The Balaban J connectivity index is 2.00. The minimum Gasteiger partial charge on any atom is -0.262 e. The Kier molecular flexibility index (Phi) is 2.06. The predicted molar refractivity (Wildman–Crippen MR) is 63.3 cm³/mol. The van der Waals surface area contributed by atoms with Crippen LogP contribution in [-0.4, -0.2) is 15.2 Å². The number of nitrogens with zero attached hydrogens (tertiary/aromatic N) is 2. The molecule has 0 atom stereocenters. The highest BCUT2D eigenvalue weighted by molar-refractivity contribution is 5.60. The third-order valence-electron chi connectivity index (χ3n) is 3.09. The zero-order chi connectivity index (χ0) is 11.1. The van der Waals surface area contributed by atoms with Gasteiger partial charge < -0.3 is 0 Å². The third kappa shape index (κ3) is 1.62. The Labute approximate surface area is 94.9 Å². The molecule has 3 rings (SSSR count). The van der Waals surface area contributed by atoms with Gasteiger partial charge in [-0.25, -0.2) is 4.98 Å². The van der Waals surface area contributed by atoms with Gasteiger partial charge in [0.25, 0.3) is 0 Å². The van der Waals surface area contributed by atoms with E-state index in [0.29, 0.717) is 5.92 Å². The highest BCUT2D eigenvalue weighted by Gasteiger charge is 2.27. The quantitative estimate of drug-likeness (QED) is 0.833. The zero-order valence-electron chi connectivity index (χ0n) is 9.62. The molecule has 0 aliphatic heterocycles. The molecule has 3 nitrogen and oxygen atoms in total. The number of hydrogen-bond donors (Lipinski definition) is 1. The Hall–Kier alpha value is -1.64. The van der Waals surface area contributed by atoms with Crippen molar-refractivity contribution in [3.8, 4) is 11.4 Å². The normalized spacial score (nSPS) is 15.4. The molecule has 1 fully saturated rings. The Morgan fingerprint density at radius 3 is 2.75 bits per heavy atom. The summed E-state index contributed by atoms with van der Waals surface area (Å²) in [5, 5.41) is 7.35. The average molecular weight is 213 g/mol.